The summed E-state index contributed by atoms with van der Waals surface area (Å²) in [5.74, 6) is 0.229. The molecule has 0 aromatic heterocycles. The lowest BCUT2D eigenvalue weighted by atomic mass is 10.1. The highest BCUT2D eigenvalue weighted by Crippen LogP contribution is 2.14. The first-order valence-electron chi connectivity index (χ1n) is 6.74. The van der Waals surface area contributed by atoms with E-state index in [1.165, 1.54) is 11.1 Å². The third-order valence-electron chi connectivity index (χ3n) is 3.56. The van der Waals surface area contributed by atoms with Crippen molar-refractivity contribution in [3.05, 3.63) is 35.4 Å². The summed E-state index contributed by atoms with van der Waals surface area (Å²) in [4.78, 5) is 13.9. The van der Waals surface area contributed by atoms with Crippen molar-refractivity contribution in [1.29, 1.82) is 0 Å². The van der Waals surface area contributed by atoms with E-state index in [1.807, 2.05) is 4.90 Å². The van der Waals surface area contributed by atoms with Crippen LogP contribution in [0.4, 0.5) is 0 Å². The quantitative estimate of drug-likeness (QED) is 0.884. The minimum absolute atomic E-state index is 0.219. The Kier molecular flexibility index (Phi) is 4.37. The van der Waals surface area contributed by atoms with Crippen LogP contribution in [0.5, 0.6) is 0 Å². The van der Waals surface area contributed by atoms with E-state index in [2.05, 4.69) is 43.4 Å². The van der Waals surface area contributed by atoms with Gasteiger partial charge in [-0.25, -0.2) is 0 Å². The normalized spacial score (nSPS) is 16.9. The van der Waals surface area contributed by atoms with Crippen molar-refractivity contribution in [2.24, 2.45) is 0 Å². The van der Waals surface area contributed by atoms with Gasteiger partial charge in [-0.2, -0.15) is 0 Å². The van der Waals surface area contributed by atoms with E-state index in [4.69, 9.17) is 0 Å². The van der Waals surface area contributed by atoms with Crippen molar-refractivity contribution >= 4 is 5.91 Å². The van der Waals surface area contributed by atoms with Gasteiger partial charge in [-0.1, -0.05) is 29.8 Å². The molecule has 1 N–H and O–H groups in total. The molecule has 1 saturated heterocycles. The van der Waals surface area contributed by atoms with Gasteiger partial charge < -0.3 is 10.2 Å². The second-order valence-electron chi connectivity index (χ2n) is 5.10. The lowest BCUT2D eigenvalue weighted by Crippen LogP contribution is -2.37. The van der Waals surface area contributed by atoms with Gasteiger partial charge in [0.15, 0.2) is 0 Å². The SMILES string of the molecule is Cc1cccc(C(C)NCC(=O)N2CCCC2)c1. The Labute approximate surface area is 109 Å². The molecule has 3 heteroatoms. The molecule has 1 heterocycles. The minimum atomic E-state index is 0.219. The summed E-state index contributed by atoms with van der Waals surface area (Å²) in [6, 6.07) is 8.64. The Morgan fingerprint density at radius 1 is 1.39 bits per heavy atom. The highest BCUT2D eigenvalue weighted by atomic mass is 16.2. The maximum absolute atomic E-state index is 11.9. The van der Waals surface area contributed by atoms with E-state index < -0.39 is 0 Å². The molecule has 1 atom stereocenters. The molecule has 3 nitrogen and oxygen atoms in total. The Hall–Kier alpha value is -1.35. The standard InChI is InChI=1S/C15H22N2O/c1-12-6-5-7-14(10-12)13(2)16-11-15(18)17-8-3-4-9-17/h5-7,10,13,16H,3-4,8-9,11H2,1-2H3. The van der Waals surface area contributed by atoms with E-state index in [-0.39, 0.29) is 11.9 Å². The number of nitrogens with zero attached hydrogens (tertiary/aromatic N) is 1. The Balaban J connectivity index is 1.84. The molecule has 1 amide bonds. The van der Waals surface area contributed by atoms with Gasteiger partial charge in [0.2, 0.25) is 5.91 Å². The van der Waals surface area contributed by atoms with Gasteiger partial charge in [0.25, 0.3) is 0 Å². The third kappa shape index (κ3) is 3.33. The molecule has 1 aromatic rings. The summed E-state index contributed by atoms with van der Waals surface area (Å²) in [6.45, 7) is 6.49. The second kappa shape index (κ2) is 6.01. The predicted molar refractivity (Wildman–Crippen MR) is 73.4 cm³/mol. The number of hydrogen-bond donors (Lipinski definition) is 1. The second-order valence-corrected chi connectivity index (χ2v) is 5.10. The highest BCUT2D eigenvalue weighted by molar-refractivity contribution is 5.78. The summed E-state index contributed by atoms with van der Waals surface area (Å²) in [6.07, 6.45) is 2.30. The molecule has 0 saturated carbocycles. The van der Waals surface area contributed by atoms with Crippen molar-refractivity contribution in [1.82, 2.24) is 10.2 Å². The molecule has 0 aliphatic carbocycles. The number of carbonyl (C=O) groups excluding carboxylic acids is 1. The summed E-state index contributed by atoms with van der Waals surface area (Å²) in [5.41, 5.74) is 2.50. The smallest absolute Gasteiger partial charge is 0.236 e. The van der Waals surface area contributed by atoms with Crippen molar-refractivity contribution in [3.8, 4) is 0 Å². The lowest BCUT2D eigenvalue weighted by molar-refractivity contribution is -0.129. The third-order valence-corrected chi connectivity index (χ3v) is 3.56. The fraction of sp³-hybridized carbons (Fsp3) is 0.533. The van der Waals surface area contributed by atoms with Crippen molar-refractivity contribution < 1.29 is 4.79 Å². The Bertz CT molecular complexity index is 411. The molecule has 1 aromatic carbocycles. The van der Waals surface area contributed by atoms with Crippen LogP contribution in [0.3, 0.4) is 0 Å². The average Bonchev–Trinajstić information content (AvgIpc) is 2.89. The van der Waals surface area contributed by atoms with Gasteiger partial charge in [0.1, 0.15) is 0 Å². The van der Waals surface area contributed by atoms with E-state index in [9.17, 15) is 4.79 Å². The number of nitrogens with one attached hydrogen (secondary N) is 1. The molecule has 1 aliphatic rings. The van der Waals surface area contributed by atoms with Gasteiger partial charge in [-0.3, -0.25) is 4.79 Å². The van der Waals surface area contributed by atoms with Crippen LogP contribution < -0.4 is 5.32 Å². The topological polar surface area (TPSA) is 32.3 Å². The zero-order valence-corrected chi connectivity index (χ0v) is 11.3. The summed E-state index contributed by atoms with van der Waals surface area (Å²) in [7, 11) is 0. The lowest BCUT2D eigenvalue weighted by Gasteiger charge is -2.19. The first-order valence-corrected chi connectivity index (χ1v) is 6.74. The average molecular weight is 246 g/mol. The number of rotatable bonds is 4. The van der Waals surface area contributed by atoms with Gasteiger partial charge in [0, 0.05) is 19.1 Å². The fourth-order valence-corrected chi connectivity index (χ4v) is 2.38. The monoisotopic (exact) mass is 246 g/mol. The van der Waals surface area contributed by atoms with Crippen molar-refractivity contribution in [2.75, 3.05) is 19.6 Å². The summed E-state index contributed by atoms with van der Waals surface area (Å²) >= 11 is 0. The Morgan fingerprint density at radius 3 is 2.78 bits per heavy atom. The van der Waals surface area contributed by atoms with Crippen molar-refractivity contribution in [3.63, 3.8) is 0 Å². The molecular weight excluding hydrogens is 224 g/mol. The maximum Gasteiger partial charge on any atom is 0.236 e. The van der Waals surface area contributed by atoms with Crippen LogP contribution in [-0.4, -0.2) is 30.4 Å². The van der Waals surface area contributed by atoms with Gasteiger partial charge in [-0.15, -0.1) is 0 Å². The number of hydrogen-bond acceptors (Lipinski definition) is 2. The van der Waals surface area contributed by atoms with Gasteiger partial charge in [0.05, 0.1) is 6.54 Å². The number of amides is 1. The van der Waals surface area contributed by atoms with Crippen LogP contribution in [0.25, 0.3) is 0 Å². The molecular formula is C15H22N2O. The van der Waals surface area contributed by atoms with Crippen LogP contribution >= 0.6 is 0 Å². The maximum atomic E-state index is 11.9. The largest absolute Gasteiger partial charge is 0.342 e. The van der Waals surface area contributed by atoms with Crippen molar-refractivity contribution in [2.45, 2.75) is 32.7 Å². The van der Waals surface area contributed by atoms with Crippen LogP contribution in [0.2, 0.25) is 0 Å². The molecule has 0 radical (unpaired) electrons. The molecule has 98 valence electrons. The zero-order chi connectivity index (χ0) is 13.0. The van der Waals surface area contributed by atoms with E-state index >= 15 is 0 Å². The number of benzene rings is 1. The number of likely N-dealkylation sites (tertiary alicyclic amines) is 1. The van der Waals surface area contributed by atoms with Crippen LogP contribution in [0, 0.1) is 6.92 Å². The van der Waals surface area contributed by atoms with Crippen LogP contribution in [-0.2, 0) is 4.79 Å². The summed E-state index contributed by atoms with van der Waals surface area (Å²) in [5, 5.41) is 3.31. The van der Waals surface area contributed by atoms with E-state index in [1.54, 1.807) is 0 Å². The van der Waals surface area contributed by atoms with E-state index in [0.29, 0.717) is 6.54 Å². The van der Waals surface area contributed by atoms with Crippen LogP contribution in [0.1, 0.15) is 36.9 Å². The molecule has 1 unspecified atom stereocenters. The zero-order valence-electron chi connectivity index (χ0n) is 11.3. The first kappa shape index (κ1) is 13.1. The van der Waals surface area contributed by atoms with Crippen LogP contribution in [0.15, 0.2) is 24.3 Å². The summed E-state index contributed by atoms with van der Waals surface area (Å²) < 4.78 is 0. The van der Waals surface area contributed by atoms with Gasteiger partial charge in [-0.05, 0) is 32.3 Å². The molecule has 1 fully saturated rings. The molecule has 1 aliphatic heterocycles. The molecule has 0 spiro atoms. The predicted octanol–water partition coefficient (Wildman–Crippen LogP) is 2.27. The van der Waals surface area contributed by atoms with E-state index in [0.717, 1.165) is 25.9 Å². The number of carbonyl (C=O) groups is 1. The van der Waals surface area contributed by atoms with Gasteiger partial charge >= 0.3 is 0 Å². The molecule has 0 bridgehead atoms. The Morgan fingerprint density at radius 2 is 2.11 bits per heavy atom. The number of aryl methyl sites for hydroxylation is 1. The molecule has 2 rings (SSSR count). The fourth-order valence-electron chi connectivity index (χ4n) is 2.38. The highest BCUT2D eigenvalue weighted by Gasteiger charge is 2.18. The first-order chi connectivity index (χ1) is 8.66. The molecule has 18 heavy (non-hydrogen) atoms. The minimum Gasteiger partial charge on any atom is -0.342 e.